The number of hydrogen-bond acceptors (Lipinski definition) is 4. The molecule has 1 unspecified atom stereocenters. The quantitative estimate of drug-likeness (QED) is 0.142. The molecule has 0 aliphatic carbocycles. The Hall–Kier alpha value is -4.43. The van der Waals surface area contributed by atoms with Gasteiger partial charge in [0.2, 0.25) is 5.91 Å². The number of amides is 3. The molecular weight excluding hydrogens is 665 g/mol. The molecule has 222 valence electrons. The van der Waals surface area contributed by atoms with Gasteiger partial charge in [0.25, 0.3) is 11.8 Å². The molecule has 1 aliphatic heterocycles. The predicted molar refractivity (Wildman–Crippen MR) is 152 cm³/mol. The van der Waals surface area contributed by atoms with Gasteiger partial charge in [-0.05, 0) is 60.7 Å². The first-order valence-electron chi connectivity index (χ1n) is 12.2. The van der Waals surface area contributed by atoms with Gasteiger partial charge >= 0.3 is 6.18 Å². The summed E-state index contributed by atoms with van der Waals surface area (Å²) in [4.78, 5) is 39.4. The summed E-state index contributed by atoms with van der Waals surface area (Å²) in [7, 11) is 0. The molecule has 1 aliphatic rings. The predicted octanol–water partition coefficient (Wildman–Crippen LogP) is 6.51. The zero-order valence-corrected chi connectivity index (χ0v) is 23.8. The van der Waals surface area contributed by atoms with Crippen LogP contribution in [0, 0.1) is 11.6 Å². The number of hydrogen-bond donors (Lipinski definition) is 4. The van der Waals surface area contributed by atoms with Crippen molar-refractivity contribution >= 4 is 62.3 Å². The van der Waals surface area contributed by atoms with Crippen molar-refractivity contribution in [1.29, 1.82) is 0 Å². The van der Waals surface area contributed by atoms with E-state index in [2.05, 4.69) is 31.9 Å². The minimum Gasteiger partial charge on any atom is -0.397 e. The Morgan fingerprint density at radius 1 is 0.953 bits per heavy atom. The maximum absolute atomic E-state index is 14.3. The van der Waals surface area contributed by atoms with Gasteiger partial charge in [0, 0.05) is 20.6 Å². The van der Waals surface area contributed by atoms with Crippen LogP contribution in [-0.4, -0.2) is 22.3 Å². The van der Waals surface area contributed by atoms with Crippen molar-refractivity contribution in [3.8, 4) is 0 Å². The zero-order valence-electron chi connectivity index (χ0n) is 21.5. The minimum atomic E-state index is -4.93. The smallest absolute Gasteiger partial charge is 0.397 e. The molecule has 0 radical (unpaired) electrons. The van der Waals surface area contributed by atoms with Crippen LogP contribution < -0.4 is 21.7 Å². The van der Waals surface area contributed by atoms with E-state index in [0.717, 1.165) is 12.1 Å². The number of nitrogens with zero attached hydrogens (tertiary/aromatic N) is 1. The van der Waals surface area contributed by atoms with Crippen molar-refractivity contribution in [2.45, 2.75) is 18.8 Å². The molecule has 0 saturated carbocycles. The van der Waals surface area contributed by atoms with E-state index in [4.69, 9.17) is 17.3 Å². The lowest BCUT2D eigenvalue weighted by molar-refractivity contribution is -0.137. The van der Waals surface area contributed by atoms with Gasteiger partial charge in [-0.2, -0.15) is 13.2 Å². The van der Waals surface area contributed by atoms with Crippen LogP contribution in [0.3, 0.4) is 0 Å². The van der Waals surface area contributed by atoms with Crippen molar-refractivity contribution in [3.05, 3.63) is 110 Å². The summed E-state index contributed by atoms with van der Waals surface area (Å²) < 4.78 is 70.1. The molecule has 0 saturated heterocycles. The second-order valence-electron chi connectivity index (χ2n) is 9.45. The van der Waals surface area contributed by atoms with Crippen molar-refractivity contribution < 1.29 is 36.3 Å². The fourth-order valence-electron chi connectivity index (χ4n) is 4.63. The van der Waals surface area contributed by atoms with E-state index < -0.39 is 59.2 Å². The van der Waals surface area contributed by atoms with Crippen LogP contribution >= 0.6 is 27.5 Å². The SMILES string of the molecule is Nc1cc(Br)ccc1NC(=O)c1cc(NC(=O)c2cc(F)cc(C(F)(F)F)c2)c2n1CC(=O)NC2c1cc(F)ccc1Cl. The highest BCUT2D eigenvalue weighted by molar-refractivity contribution is 9.10. The van der Waals surface area contributed by atoms with E-state index in [1.54, 1.807) is 12.1 Å². The Morgan fingerprint density at radius 2 is 1.67 bits per heavy atom. The summed E-state index contributed by atoms with van der Waals surface area (Å²) in [6.45, 7) is -0.425. The first kappa shape index (κ1) is 30.0. The van der Waals surface area contributed by atoms with Gasteiger partial charge in [-0.1, -0.05) is 27.5 Å². The summed E-state index contributed by atoms with van der Waals surface area (Å²) in [5, 5.41) is 7.69. The fraction of sp³-hybridized carbons (Fsp3) is 0.107. The molecule has 3 amide bonds. The average molecular weight is 683 g/mol. The maximum atomic E-state index is 14.3. The van der Waals surface area contributed by atoms with Crippen LogP contribution in [0.4, 0.5) is 39.0 Å². The number of nitrogens with one attached hydrogen (secondary N) is 3. The third-order valence-electron chi connectivity index (χ3n) is 6.52. The number of nitrogens with two attached hydrogens (primary N) is 1. The highest BCUT2D eigenvalue weighted by atomic mass is 79.9. The number of fused-ring (bicyclic) bond motifs is 1. The largest absolute Gasteiger partial charge is 0.416 e. The van der Waals surface area contributed by atoms with Crippen LogP contribution in [0.15, 0.2) is 65.1 Å². The van der Waals surface area contributed by atoms with E-state index in [1.165, 1.54) is 22.8 Å². The van der Waals surface area contributed by atoms with E-state index in [0.29, 0.717) is 16.6 Å². The molecule has 15 heteroatoms. The Balaban J connectivity index is 1.63. The van der Waals surface area contributed by atoms with Crippen LogP contribution in [0.25, 0.3) is 0 Å². The monoisotopic (exact) mass is 681 g/mol. The topological polar surface area (TPSA) is 118 Å². The second-order valence-corrected chi connectivity index (χ2v) is 10.8. The molecule has 0 spiro atoms. The first-order valence-corrected chi connectivity index (χ1v) is 13.4. The molecule has 4 aromatic rings. The Bertz CT molecular complexity index is 1810. The lowest BCUT2D eigenvalue weighted by Gasteiger charge is -2.29. The molecule has 5 N–H and O–H groups in total. The molecule has 1 atom stereocenters. The van der Waals surface area contributed by atoms with Gasteiger partial charge in [-0.3, -0.25) is 14.4 Å². The number of rotatable bonds is 5. The minimum absolute atomic E-state index is 0.0345. The van der Waals surface area contributed by atoms with Gasteiger partial charge in [0.15, 0.2) is 0 Å². The normalized spacial score (nSPS) is 14.6. The van der Waals surface area contributed by atoms with Crippen molar-refractivity contribution in [3.63, 3.8) is 0 Å². The Morgan fingerprint density at radius 3 is 2.37 bits per heavy atom. The molecule has 8 nitrogen and oxygen atoms in total. The van der Waals surface area contributed by atoms with Gasteiger partial charge in [-0.15, -0.1) is 0 Å². The Kier molecular flexibility index (Phi) is 7.92. The zero-order chi connectivity index (χ0) is 31.2. The molecule has 5 rings (SSSR count). The lowest BCUT2D eigenvalue weighted by Crippen LogP contribution is -2.40. The third-order valence-corrected chi connectivity index (χ3v) is 7.36. The summed E-state index contributed by atoms with van der Waals surface area (Å²) in [6.07, 6.45) is -4.93. The summed E-state index contributed by atoms with van der Waals surface area (Å²) in [5.41, 5.74) is 4.20. The maximum Gasteiger partial charge on any atom is 0.416 e. The average Bonchev–Trinajstić information content (AvgIpc) is 3.28. The lowest BCUT2D eigenvalue weighted by atomic mass is 10.0. The molecule has 43 heavy (non-hydrogen) atoms. The standard InChI is InChI=1S/C28H18BrClF5N5O3/c29-14-1-4-20(19(36)8-14)37-27(43)22-10-21(38-26(42)12-5-13(28(33,34)35)7-16(32)6-12)25-24(39-23(41)11-40(22)25)17-9-15(31)2-3-18(17)30/h1-10,24H,11,36H2,(H,37,43)(H,38,42)(H,39,41). The van der Waals surface area contributed by atoms with E-state index in [-0.39, 0.29) is 45.1 Å². The molecular formula is C28H18BrClF5N5O3. The van der Waals surface area contributed by atoms with E-state index in [1.807, 2.05) is 0 Å². The summed E-state index contributed by atoms with van der Waals surface area (Å²) in [5.74, 6) is -4.51. The first-order chi connectivity index (χ1) is 20.2. The van der Waals surface area contributed by atoms with Crippen LogP contribution in [0.2, 0.25) is 5.02 Å². The summed E-state index contributed by atoms with van der Waals surface area (Å²) in [6, 6.07) is 9.34. The number of alkyl halides is 3. The number of anilines is 3. The number of nitrogen functional groups attached to an aromatic ring is 1. The molecule has 2 heterocycles. The summed E-state index contributed by atoms with van der Waals surface area (Å²) >= 11 is 9.59. The van der Waals surface area contributed by atoms with Gasteiger partial charge in [0.1, 0.15) is 23.9 Å². The van der Waals surface area contributed by atoms with E-state index >= 15 is 0 Å². The highest BCUT2D eigenvalue weighted by Crippen LogP contribution is 2.38. The number of benzene rings is 3. The van der Waals surface area contributed by atoms with Crippen LogP contribution in [0.5, 0.6) is 0 Å². The second kappa shape index (κ2) is 11.3. The number of aromatic nitrogens is 1. The number of carbonyl (C=O) groups is 3. The van der Waals surface area contributed by atoms with Crippen molar-refractivity contribution in [2.24, 2.45) is 0 Å². The molecule has 0 fully saturated rings. The van der Waals surface area contributed by atoms with Gasteiger partial charge in [-0.25, -0.2) is 8.78 Å². The van der Waals surface area contributed by atoms with Crippen molar-refractivity contribution in [1.82, 2.24) is 9.88 Å². The van der Waals surface area contributed by atoms with Crippen molar-refractivity contribution in [2.75, 3.05) is 16.4 Å². The fourth-order valence-corrected chi connectivity index (χ4v) is 5.23. The highest BCUT2D eigenvalue weighted by Gasteiger charge is 2.36. The third kappa shape index (κ3) is 6.20. The molecule has 0 bridgehead atoms. The van der Waals surface area contributed by atoms with Gasteiger partial charge in [0.05, 0.1) is 34.4 Å². The molecule has 1 aromatic heterocycles. The molecule has 3 aromatic carbocycles. The van der Waals surface area contributed by atoms with Crippen LogP contribution in [-0.2, 0) is 17.5 Å². The van der Waals surface area contributed by atoms with E-state index in [9.17, 15) is 36.3 Å². The number of halogens is 7. The Labute approximate surface area is 253 Å². The van der Waals surface area contributed by atoms with Gasteiger partial charge < -0.3 is 26.3 Å². The van der Waals surface area contributed by atoms with Crippen LogP contribution in [0.1, 0.15) is 43.7 Å². The number of carbonyl (C=O) groups excluding carboxylic acids is 3.